The Labute approximate surface area is 196 Å². The van der Waals surface area contributed by atoms with Crippen LogP contribution in [0.5, 0.6) is 0 Å². The first-order valence-electron chi connectivity index (χ1n) is 10.4. The van der Waals surface area contributed by atoms with Crippen molar-refractivity contribution in [3.05, 3.63) is 88.0 Å². The molecule has 0 aliphatic heterocycles. The van der Waals surface area contributed by atoms with Crippen LogP contribution in [0.3, 0.4) is 0 Å². The molecule has 4 rings (SSSR count). The van der Waals surface area contributed by atoms with Gasteiger partial charge in [-0.25, -0.2) is 8.42 Å². The van der Waals surface area contributed by atoms with Gasteiger partial charge in [0.15, 0.2) is 0 Å². The molecule has 0 bridgehead atoms. The molecular weight excluding hydrogens is 458 g/mol. The fraction of sp³-hybridized carbons (Fsp3) is 0.167. The van der Waals surface area contributed by atoms with Crippen molar-refractivity contribution in [3.8, 4) is 0 Å². The van der Waals surface area contributed by atoms with Crippen molar-refractivity contribution in [2.45, 2.75) is 25.3 Å². The first-order chi connectivity index (χ1) is 15.8. The summed E-state index contributed by atoms with van der Waals surface area (Å²) in [6.45, 7) is 3.94. The lowest BCUT2D eigenvalue weighted by molar-refractivity contribution is -0.114. The van der Waals surface area contributed by atoms with Crippen LogP contribution < -0.4 is 14.5 Å². The highest BCUT2D eigenvalue weighted by Crippen LogP contribution is 2.25. The fourth-order valence-corrected chi connectivity index (χ4v) is 5.94. The minimum atomic E-state index is -3.97. The predicted molar refractivity (Wildman–Crippen MR) is 133 cm³/mol. The quantitative estimate of drug-likeness (QED) is 0.428. The number of fused-ring (bicyclic) bond motifs is 1. The molecule has 0 radical (unpaired) electrons. The highest BCUT2D eigenvalue weighted by atomic mass is 32.2. The summed E-state index contributed by atoms with van der Waals surface area (Å²) in [4.78, 5) is 25.1. The third-order valence-electron chi connectivity index (χ3n) is 5.21. The van der Waals surface area contributed by atoms with Crippen molar-refractivity contribution in [2.75, 3.05) is 16.2 Å². The number of rotatable bonds is 7. The smallest absolute Gasteiger partial charge is 0.308 e. The maximum atomic E-state index is 13.4. The van der Waals surface area contributed by atoms with Crippen LogP contribution >= 0.6 is 11.3 Å². The molecule has 4 aromatic rings. The molecule has 170 valence electrons. The topological polar surface area (TPSA) is 88.5 Å². The SMILES string of the molecule is CCn1c(=O)sc2cc(NC(=O)CN(c3ccccc3)S(=O)(=O)c3ccc(C)cc3)ccc21. The van der Waals surface area contributed by atoms with Crippen LogP contribution in [0.15, 0.2) is 82.5 Å². The van der Waals surface area contributed by atoms with E-state index in [1.807, 2.05) is 13.8 Å². The van der Waals surface area contributed by atoms with Crippen LogP contribution in [0.4, 0.5) is 11.4 Å². The number of benzene rings is 3. The zero-order valence-corrected chi connectivity index (χ0v) is 19.8. The Kier molecular flexibility index (Phi) is 6.35. The summed E-state index contributed by atoms with van der Waals surface area (Å²) in [6, 6.07) is 20.3. The van der Waals surface area contributed by atoms with Gasteiger partial charge in [-0.15, -0.1) is 0 Å². The number of nitrogens with zero attached hydrogens (tertiary/aromatic N) is 2. The maximum Gasteiger partial charge on any atom is 0.308 e. The summed E-state index contributed by atoms with van der Waals surface area (Å²) in [5.41, 5.74) is 2.63. The number of thiazole rings is 1. The summed E-state index contributed by atoms with van der Waals surface area (Å²) in [5.74, 6) is -0.490. The number of carbonyl (C=O) groups is 1. The molecule has 0 aliphatic carbocycles. The van der Waals surface area contributed by atoms with Crippen molar-refractivity contribution < 1.29 is 13.2 Å². The molecule has 7 nitrogen and oxygen atoms in total. The third-order valence-corrected chi connectivity index (χ3v) is 7.94. The van der Waals surface area contributed by atoms with Crippen LogP contribution in [-0.2, 0) is 21.4 Å². The Morgan fingerprint density at radius 1 is 1.03 bits per heavy atom. The van der Waals surface area contributed by atoms with E-state index in [1.54, 1.807) is 65.2 Å². The second kappa shape index (κ2) is 9.21. The average molecular weight is 482 g/mol. The van der Waals surface area contributed by atoms with Crippen LogP contribution in [0, 0.1) is 6.92 Å². The first-order valence-corrected chi connectivity index (χ1v) is 12.6. The fourth-order valence-electron chi connectivity index (χ4n) is 3.52. The zero-order valence-electron chi connectivity index (χ0n) is 18.2. The van der Waals surface area contributed by atoms with Crippen molar-refractivity contribution in [1.82, 2.24) is 4.57 Å². The highest BCUT2D eigenvalue weighted by Gasteiger charge is 2.27. The van der Waals surface area contributed by atoms with Gasteiger partial charge in [0, 0.05) is 12.2 Å². The standard InChI is InChI=1S/C24H23N3O4S2/c1-3-26-21-14-11-18(15-22(21)32-24(26)29)25-23(28)16-27(19-7-5-4-6-8-19)33(30,31)20-12-9-17(2)10-13-20/h4-15H,3,16H2,1-2H3,(H,25,28). The van der Waals surface area contributed by atoms with E-state index >= 15 is 0 Å². The van der Waals surface area contributed by atoms with E-state index in [9.17, 15) is 18.0 Å². The van der Waals surface area contributed by atoms with E-state index < -0.39 is 22.5 Å². The van der Waals surface area contributed by atoms with E-state index in [1.165, 1.54) is 12.1 Å². The minimum Gasteiger partial charge on any atom is -0.324 e. The molecule has 1 aromatic heterocycles. The van der Waals surface area contributed by atoms with Gasteiger partial charge >= 0.3 is 4.87 Å². The Hall–Kier alpha value is -3.43. The molecule has 1 N–H and O–H groups in total. The Morgan fingerprint density at radius 3 is 2.39 bits per heavy atom. The van der Waals surface area contributed by atoms with E-state index in [-0.39, 0.29) is 9.77 Å². The molecule has 1 heterocycles. The molecule has 0 saturated heterocycles. The number of para-hydroxylation sites is 1. The van der Waals surface area contributed by atoms with Crippen molar-refractivity contribution >= 4 is 48.9 Å². The highest BCUT2D eigenvalue weighted by molar-refractivity contribution is 7.92. The number of nitrogens with one attached hydrogen (secondary N) is 1. The van der Waals surface area contributed by atoms with E-state index in [2.05, 4.69) is 5.32 Å². The lowest BCUT2D eigenvalue weighted by Crippen LogP contribution is -2.38. The van der Waals surface area contributed by atoms with Crippen LogP contribution in [0.25, 0.3) is 10.2 Å². The number of aryl methyl sites for hydroxylation is 2. The van der Waals surface area contributed by atoms with Gasteiger partial charge in [0.25, 0.3) is 10.0 Å². The summed E-state index contributed by atoms with van der Waals surface area (Å²) in [6.07, 6.45) is 0. The Bertz CT molecular complexity index is 1460. The van der Waals surface area contributed by atoms with Crippen molar-refractivity contribution in [2.24, 2.45) is 0 Å². The second-order valence-corrected chi connectivity index (χ2v) is 10.4. The molecular formula is C24H23N3O4S2. The zero-order chi connectivity index (χ0) is 23.6. The van der Waals surface area contributed by atoms with E-state index in [0.29, 0.717) is 17.9 Å². The van der Waals surface area contributed by atoms with Gasteiger partial charge in [-0.3, -0.25) is 18.5 Å². The van der Waals surface area contributed by atoms with Gasteiger partial charge in [0.1, 0.15) is 6.54 Å². The molecule has 33 heavy (non-hydrogen) atoms. The van der Waals surface area contributed by atoms with E-state index in [0.717, 1.165) is 31.4 Å². The lowest BCUT2D eigenvalue weighted by Gasteiger charge is -2.24. The molecule has 0 fully saturated rings. The number of hydrogen-bond donors (Lipinski definition) is 1. The largest absolute Gasteiger partial charge is 0.324 e. The number of hydrogen-bond acceptors (Lipinski definition) is 5. The molecule has 9 heteroatoms. The minimum absolute atomic E-state index is 0.0598. The van der Waals surface area contributed by atoms with E-state index in [4.69, 9.17) is 0 Å². The van der Waals surface area contributed by atoms with Crippen LogP contribution in [-0.4, -0.2) is 25.4 Å². The molecule has 0 saturated carbocycles. The number of anilines is 2. The summed E-state index contributed by atoms with van der Waals surface area (Å²) >= 11 is 1.11. The van der Waals surface area contributed by atoms with Crippen LogP contribution in [0.1, 0.15) is 12.5 Å². The van der Waals surface area contributed by atoms with Crippen molar-refractivity contribution in [1.29, 1.82) is 0 Å². The van der Waals surface area contributed by atoms with Gasteiger partial charge in [0.05, 0.1) is 20.8 Å². The number of sulfonamides is 1. The number of carbonyl (C=O) groups excluding carboxylic acids is 1. The summed E-state index contributed by atoms with van der Waals surface area (Å²) < 4.78 is 30.3. The Balaban J connectivity index is 1.62. The summed E-state index contributed by atoms with van der Waals surface area (Å²) in [7, 11) is -3.97. The maximum absolute atomic E-state index is 13.4. The van der Waals surface area contributed by atoms with Gasteiger partial charge in [-0.2, -0.15) is 0 Å². The number of amides is 1. The average Bonchev–Trinajstić information content (AvgIpc) is 3.12. The molecule has 0 spiro atoms. The molecule has 0 unspecified atom stereocenters. The van der Waals surface area contributed by atoms with Gasteiger partial charge in [-0.05, 0) is 56.3 Å². The number of aromatic nitrogens is 1. The predicted octanol–water partition coefficient (Wildman–Crippen LogP) is 4.23. The van der Waals surface area contributed by atoms with Gasteiger partial charge in [-0.1, -0.05) is 47.2 Å². The second-order valence-electron chi connectivity index (χ2n) is 7.50. The first kappa shape index (κ1) is 22.8. The molecule has 3 aromatic carbocycles. The Morgan fingerprint density at radius 2 is 1.73 bits per heavy atom. The van der Waals surface area contributed by atoms with Gasteiger partial charge < -0.3 is 5.32 Å². The van der Waals surface area contributed by atoms with Crippen molar-refractivity contribution in [3.63, 3.8) is 0 Å². The molecule has 0 aliphatic rings. The molecule has 0 atom stereocenters. The summed E-state index contributed by atoms with van der Waals surface area (Å²) in [5, 5.41) is 2.76. The normalized spacial score (nSPS) is 11.5. The monoisotopic (exact) mass is 481 g/mol. The van der Waals surface area contributed by atoms with Crippen LogP contribution in [0.2, 0.25) is 0 Å². The molecule has 1 amide bonds. The lowest BCUT2D eigenvalue weighted by atomic mass is 10.2. The third kappa shape index (κ3) is 4.69. The van der Waals surface area contributed by atoms with Gasteiger partial charge in [0.2, 0.25) is 5.91 Å².